The maximum atomic E-state index is 14.2. The number of aliphatic hydroxyl groups excluding tert-OH is 2. The van der Waals surface area contributed by atoms with Crippen molar-refractivity contribution in [3.63, 3.8) is 0 Å². The number of primary amides is 1. The fraction of sp³-hybridized carbons (Fsp3) is 0.353. The van der Waals surface area contributed by atoms with E-state index in [1.54, 1.807) is 45.2 Å². The molecular weight excluding hydrogens is 606 g/mol. The van der Waals surface area contributed by atoms with Gasteiger partial charge in [-0.3, -0.25) is 19.3 Å². The van der Waals surface area contributed by atoms with Crippen molar-refractivity contribution < 1.29 is 39.6 Å². The van der Waals surface area contributed by atoms with Gasteiger partial charge in [-0.15, -0.1) is 0 Å². The molecule has 5 aliphatic carbocycles. The maximum Gasteiger partial charge on any atom is 0.323 e. The molecule has 0 aromatic heterocycles. The van der Waals surface area contributed by atoms with Crippen LogP contribution in [0, 0.1) is 23.7 Å². The number of amides is 3. The summed E-state index contributed by atoms with van der Waals surface area (Å²) in [6.45, 7) is 0. The number of aromatic hydroxyl groups is 1. The number of ketones is 2. The molecule has 47 heavy (non-hydrogen) atoms. The van der Waals surface area contributed by atoms with Gasteiger partial charge in [0, 0.05) is 48.8 Å². The minimum Gasteiger partial charge on any atom is -0.510 e. The molecule has 0 fully saturated rings. The van der Waals surface area contributed by atoms with E-state index in [0.29, 0.717) is 16.9 Å². The van der Waals surface area contributed by atoms with Gasteiger partial charge in [0.15, 0.2) is 17.1 Å². The summed E-state index contributed by atoms with van der Waals surface area (Å²) in [5.41, 5.74) is 2.84. The lowest BCUT2D eigenvalue weighted by Gasteiger charge is -2.50. The Labute approximate surface area is 270 Å². The minimum atomic E-state index is -2.75. The average molecular weight is 644 g/mol. The molecule has 5 aliphatic rings. The molecule has 246 valence electrons. The van der Waals surface area contributed by atoms with Gasteiger partial charge in [-0.05, 0) is 50.6 Å². The van der Waals surface area contributed by atoms with Crippen LogP contribution in [-0.4, -0.2) is 88.7 Å². The third kappa shape index (κ3) is 4.76. The number of aliphatic hydroxyl groups is 3. The van der Waals surface area contributed by atoms with E-state index < -0.39 is 69.8 Å². The summed E-state index contributed by atoms with van der Waals surface area (Å²) >= 11 is 0. The number of benzene rings is 1. The first kappa shape index (κ1) is 31.8. The number of urea groups is 1. The fourth-order valence-electron chi connectivity index (χ4n) is 7.72. The summed E-state index contributed by atoms with van der Waals surface area (Å²) in [6.07, 6.45) is 13.6. The number of fused-ring (bicyclic) bond motifs is 4. The number of hydrogen-bond acceptors (Lipinski definition) is 10. The quantitative estimate of drug-likeness (QED) is 0.184. The molecule has 1 aromatic carbocycles. The van der Waals surface area contributed by atoms with E-state index in [2.05, 4.69) is 10.6 Å². The van der Waals surface area contributed by atoms with E-state index in [1.165, 1.54) is 4.90 Å². The number of nitrogens with two attached hydrogens (primary N) is 1. The first-order valence-electron chi connectivity index (χ1n) is 15.2. The predicted octanol–water partition coefficient (Wildman–Crippen LogP) is 2.12. The van der Waals surface area contributed by atoms with Gasteiger partial charge >= 0.3 is 6.03 Å². The number of rotatable bonds is 5. The minimum absolute atomic E-state index is 0.0306. The third-order valence-electron chi connectivity index (χ3n) is 9.83. The number of allylic oxidation sites excluding steroid dienone is 8. The van der Waals surface area contributed by atoms with Gasteiger partial charge in [0.05, 0.1) is 17.3 Å². The molecule has 0 heterocycles. The van der Waals surface area contributed by atoms with Crippen LogP contribution in [0.5, 0.6) is 5.75 Å². The number of carbonyl (C=O) groups excluding carboxylic acids is 4. The van der Waals surface area contributed by atoms with Crippen molar-refractivity contribution >= 4 is 34.9 Å². The largest absolute Gasteiger partial charge is 0.510 e. The van der Waals surface area contributed by atoms with Gasteiger partial charge in [0.2, 0.25) is 5.78 Å². The Morgan fingerprint density at radius 3 is 2.34 bits per heavy atom. The van der Waals surface area contributed by atoms with Crippen LogP contribution < -0.4 is 21.3 Å². The summed E-state index contributed by atoms with van der Waals surface area (Å²) in [4.78, 5) is 56.5. The molecule has 0 spiro atoms. The standard InChI is InChI=1S/C34H37N5O8/c1-38(2)22-14-21(37-33(46)36-20-11-7-9-15-8-5-6-10-17(15)20)27(40)24-18(22)12-16-13-19-26(39(3)4)29(42)25(32(35)45)31(44)34(19,47)30(43)23(16)28(24)41/h5-11,14-17,19,26,40,42-43,47H,12-13H2,1-4H3,(H2,35,45)(H2,36,37,46)/t15?,16-,17?,19-,26-,34-/m0/s1. The number of nitrogens with one attached hydrogen (secondary N) is 2. The number of anilines is 2. The van der Waals surface area contributed by atoms with Crippen LogP contribution in [0.25, 0.3) is 0 Å². The second-order valence-corrected chi connectivity index (χ2v) is 13.0. The van der Waals surface area contributed by atoms with Crippen LogP contribution in [0.15, 0.2) is 77.0 Å². The van der Waals surface area contributed by atoms with E-state index in [0.717, 1.165) is 0 Å². The Kier molecular flexibility index (Phi) is 7.64. The van der Waals surface area contributed by atoms with Crippen molar-refractivity contribution in [3.8, 4) is 5.75 Å². The molecule has 6 rings (SSSR count). The van der Waals surface area contributed by atoms with Crippen LogP contribution in [0.3, 0.4) is 0 Å². The van der Waals surface area contributed by atoms with Crippen LogP contribution in [0.2, 0.25) is 0 Å². The topological polar surface area (TPSA) is 206 Å². The lowest BCUT2D eigenvalue weighted by Crippen LogP contribution is -2.63. The molecule has 6 atom stereocenters. The van der Waals surface area contributed by atoms with Crippen molar-refractivity contribution in [2.75, 3.05) is 38.4 Å². The molecule has 3 amide bonds. The Morgan fingerprint density at radius 1 is 1.00 bits per heavy atom. The van der Waals surface area contributed by atoms with Crippen molar-refractivity contribution in [3.05, 3.63) is 88.1 Å². The Bertz CT molecular complexity index is 1820. The maximum absolute atomic E-state index is 14.2. The molecule has 0 saturated heterocycles. The monoisotopic (exact) mass is 643 g/mol. The molecular formula is C34H37N5O8. The molecule has 13 heteroatoms. The number of nitrogens with zero attached hydrogens (tertiary/aromatic N) is 2. The molecule has 0 saturated carbocycles. The summed E-state index contributed by atoms with van der Waals surface area (Å²) in [5.74, 6) is -7.44. The number of hydrogen-bond donors (Lipinski definition) is 7. The van der Waals surface area contributed by atoms with E-state index >= 15 is 0 Å². The van der Waals surface area contributed by atoms with Gasteiger partial charge in [-0.2, -0.15) is 0 Å². The number of Topliss-reactive ketones (excluding diaryl/α,β-unsaturated/α-hetero) is 2. The molecule has 1 aromatic rings. The summed E-state index contributed by atoms with van der Waals surface area (Å²) < 4.78 is 0. The molecule has 0 aliphatic heterocycles. The first-order chi connectivity index (χ1) is 22.2. The highest BCUT2D eigenvalue weighted by atomic mass is 16.3. The zero-order valence-electron chi connectivity index (χ0n) is 26.3. The number of carbonyl (C=O) groups is 4. The highest BCUT2D eigenvalue weighted by Crippen LogP contribution is 2.54. The second kappa shape index (κ2) is 11.3. The van der Waals surface area contributed by atoms with E-state index in [9.17, 15) is 39.6 Å². The smallest absolute Gasteiger partial charge is 0.323 e. The van der Waals surface area contributed by atoms with Crippen molar-refractivity contribution in [2.45, 2.75) is 24.5 Å². The summed E-state index contributed by atoms with van der Waals surface area (Å²) in [5, 5.41) is 51.4. The fourth-order valence-corrected chi connectivity index (χ4v) is 7.72. The van der Waals surface area contributed by atoms with Crippen LogP contribution in [0.1, 0.15) is 22.3 Å². The average Bonchev–Trinajstić information content (AvgIpc) is 3.00. The zero-order chi connectivity index (χ0) is 34.1. The highest BCUT2D eigenvalue weighted by molar-refractivity contribution is 6.25. The SMILES string of the molecule is CN(C)c1cc(NC(=O)NC2=CC=CC3C=CC=CC23)c(O)c2c1C[C@H]1C[C@H]3[C@H](N(C)C)C(O)=C(C(N)=O)C(=O)[C@@]3(O)C(O)=C1C2=O. The van der Waals surface area contributed by atoms with E-state index in [4.69, 9.17) is 5.73 Å². The lowest BCUT2D eigenvalue weighted by atomic mass is 9.58. The van der Waals surface area contributed by atoms with Crippen LogP contribution in [-0.2, 0) is 16.0 Å². The normalized spacial score (nSPS) is 29.1. The van der Waals surface area contributed by atoms with Gasteiger partial charge < -0.3 is 41.7 Å². The van der Waals surface area contributed by atoms with E-state index in [-0.39, 0.29) is 41.5 Å². The van der Waals surface area contributed by atoms with Crippen molar-refractivity contribution in [1.29, 1.82) is 0 Å². The number of phenolic OH excluding ortho intramolecular Hbond substituents is 1. The van der Waals surface area contributed by atoms with Gasteiger partial charge in [-0.1, -0.05) is 36.5 Å². The van der Waals surface area contributed by atoms with Gasteiger partial charge in [0.25, 0.3) is 5.91 Å². The lowest BCUT2D eigenvalue weighted by molar-refractivity contribution is -0.148. The molecule has 0 radical (unpaired) electrons. The Hall–Kier alpha value is -5.14. The molecule has 0 bridgehead atoms. The third-order valence-corrected chi connectivity index (χ3v) is 9.83. The molecule has 13 nitrogen and oxygen atoms in total. The van der Waals surface area contributed by atoms with Crippen LogP contribution in [0.4, 0.5) is 16.2 Å². The van der Waals surface area contributed by atoms with E-state index in [1.807, 2.05) is 36.5 Å². The van der Waals surface area contributed by atoms with Gasteiger partial charge in [-0.25, -0.2) is 4.79 Å². The Balaban J connectivity index is 1.40. The van der Waals surface area contributed by atoms with Crippen LogP contribution >= 0.6 is 0 Å². The Morgan fingerprint density at radius 2 is 1.68 bits per heavy atom. The van der Waals surface area contributed by atoms with Crippen molar-refractivity contribution in [1.82, 2.24) is 10.2 Å². The first-order valence-corrected chi connectivity index (χ1v) is 15.2. The summed E-state index contributed by atoms with van der Waals surface area (Å²) in [6, 6.07) is -0.187. The highest BCUT2D eigenvalue weighted by Gasteiger charge is 2.63. The predicted molar refractivity (Wildman–Crippen MR) is 173 cm³/mol. The van der Waals surface area contributed by atoms with Gasteiger partial charge in [0.1, 0.15) is 17.1 Å². The molecule has 2 unspecified atom stereocenters. The second-order valence-electron chi connectivity index (χ2n) is 13.0. The summed E-state index contributed by atoms with van der Waals surface area (Å²) in [7, 11) is 6.62. The van der Waals surface area contributed by atoms with Crippen molar-refractivity contribution in [2.24, 2.45) is 29.4 Å². The zero-order valence-corrected chi connectivity index (χ0v) is 26.3. The molecule has 8 N–H and O–H groups in total. The number of phenols is 1. The number of likely N-dealkylation sites (N-methyl/N-ethyl adjacent to an activating group) is 1.